The van der Waals surface area contributed by atoms with E-state index in [0.29, 0.717) is 13.6 Å². The zero-order chi connectivity index (χ0) is 27.5. The maximum absolute atomic E-state index is 5.91. The minimum atomic E-state index is -0.203. The Hall–Kier alpha value is -0.0852. The van der Waals surface area contributed by atoms with E-state index in [4.69, 9.17) is 32.7 Å². The van der Waals surface area contributed by atoms with Gasteiger partial charge in [0.25, 0.3) is 0 Å². The molecule has 0 amide bonds. The summed E-state index contributed by atoms with van der Waals surface area (Å²) in [5, 5.41) is 0.186. The van der Waals surface area contributed by atoms with Crippen LogP contribution in [0.4, 0.5) is 0 Å². The van der Waals surface area contributed by atoms with E-state index in [2.05, 4.69) is 104 Å². The smallest absolute Gasteiger partial charge is 0.410 e. The topological polar surface area (TPSA) is 64.6 Å². The van der Waals surface area contributed by atoms with Crippen molar-refractivity contribution in [2.24, 2.45) is 5.41 Å². The summed E-state index contributed by atoms with van der Waals surface area (Å²) >= 11 is 0. The van der Waals surface area contributed by atoms with Gasteiger partial charge in [0.1, 0.15) is 13.6 Å². The van der Waals surface area contributed by atoms with Gasteiger partial charge in [0.2, 0.25) is 0 Å². The molecule has 0 radical (unpaired) electrons. The van der Waals surface area contributed by atoms with Crippen molar-refractivity contribution in [1.29, 1.82) is 0 Å². The third-order valence-electron chi connectivity index (χ3n) is 6.23. The van der Waals surface area contributed by atoms with E-state index in [-0.39, 0.29) is 53.9 Å². The van der Waals surface area contributed by atoms with Crippen molar-refractivity contribution >= 4 is 21.4 Å². The highest BCUT2D eigenvalue weighted by atomic mass is 16.8. The Morgan fingerprint density at radius 1 is 0.486 bits per heavy atom. The highest BCUT2D eigenvalue weighted by Crippen LogP contribution is 2.44. The molecular formula is C25H53B3O7. The van der Waals surface area contributed by atoms with Crippen molar-refractivity contribution in [2.45, 2.75) is 131 Å². The average Bonchev–Trinajstić information content (AvgIpc) is 2.89. The molecule has 0 spiro atoms. The van der Waals surface area contributed by atoms with Crippen molar-refractivity contribution in [1.82, 2.24) is 0 Å². The summed E-state index contributed by atoms with van der Waals surface area (Å²) in [7, 11) is -0.260. The average molecular weight is 498 g/mol. The van der Waals surface area contributed by atoms with Crippen LogP contribution in [0.1, 0.15) is 104 Å². The second-order valence-corrected chi connectivity index (χ2v) is 14.9. The first kappa shape index (κ1) is 32.9. The van der Waals surface area contributed by atoms with E-state index < -0.39 is 0 Å². The predicted molar refractivity (Wildman–Crippen MR) is 145 cm³/mol. The maximum Gasteiger partial charge on any atom is 0.466 e. The van der Waals surface area contributed by atoms with Gasteiger partial charge < -0.3 is 32.7 Å². The van der Waals surface area contributed by atoms with Crippen LogP contribution in [0.5, 0.6) is 0 Å². The zero-order valence-electron chi connectivity index (χ0n) is 25.4. The fraction of sp³-hybridized carbons (Fsp3) is 1.00. The molecule has 204 valence electrons. The van der Waals surface area contributed by atoms with Gasteiger partial charge in [-0.1, -0.05) is 76.2 Å². The Labute approximate surface area is 217 Å². The second-order valence-electron chi connectivity index (χ2n) is 14.9. The highest BCUT2D eigenvalue weighted by molar-refractivity contribution is 6.49. The molecule has 0 aromatic heterocycles. The van der Waals surface area contributed by atoms with Gasteiger partial charge in [-0.25, -0.2) is 0 Å². The van der Waals surface area contributed by atoms with Crippen molar-refractivity contribution in [3.05, 3.63) is 0 Å². The largest absolute Gasteiger partial charge is 0.466 e. The van der Waals surface area contributed by atoms with Crippen molar-refractivity contribution in [3.8, 4) is 0 Å². The molecule has 3 rings (SSSR count). The maximum atomic E-state index is 5.91. The minimum absolute atomic E-state index is 0.0366. The molecule has 10 heteroatoms. The van der Waals surface area contributed by atoms with Crippen LogP contribution in [-0.2, 0) is 32.7 Å². The monoisotopic (exact) mass is 498 g/mol. The van der Waals surface area contributed by atoms with Gasteiger partial charge in [-0.3, -0.25) is 0 Å². The van der Waals surface area contributed by atoms with Gasteiger partial charge in [-0.05, 0) is 43.6 Å². The SMILES string of the molecule is CC(C)(C)B1OC(C)(C)C(C)(C)O1.CC(C)(C)B1OCOCO1.CC1(C)COB(C(C)(C)C)OC1. The molecule has 0 bridgehead atoms. The number of ether oxygens (including phenoxy) is 1. The van der Waals surface area contributed by atoms with Crippen LogP contribution in [0.3, 0.4) is 0 Å². The first-order chi connectivity index (χ1) is 15.5. The van der Waals surface area contributed by atoms with Gasteiger partial charge in [0.15, 0.2) is 0 Å². The normalized spacial score (nSPS) is 24.3. The molecule has 0 unspecified atom stereocenters. The molecule has 3 fully saturated rings. The first-order valence-corrected chi connectivity index (χ1v) is 12.9. The van der Waals surface area contributed by atoms with Gasteiger partial charge in [-0.15, -0.1) is 0 Å². The molecular weight excluding hydrogens is 445 g/mol. The van der Waals surface area contributed by atoms with Crippen molar-refractivity contribution < 1.29 is 32.7 Å². The Bertz CT molecular complexity index is 617. The molecule has 3 saturated heterocycles. The fourth-order valence-corrected chi connectivity index (χ4v) is 3.19. The van der Waals surface area contributed by atoms with Gasteiger partial charge in [-0.2, -0.15) is 0 Å². The quantitative estimate of drug-likeness (QED) is 0.355. The molecule has 0 aromatic carbocycles. The highest BCUT2D eigenvalue weighted by Gasteiger charge is 2.55. The van der Waals surface area contributed by atoms with E-state index in [1.807, 2.05) is 0 Å². The van der Waals surface area contributed by atoms with Crippen LogP contribution < -0.4 is 0 Å². The minimum Gasteiger partial charge on any atom is -0.410 e. The summed E-state index contributed by atoms with van der Waals surface area (Å²) in [5.74, 6) is 0. The molecule has 35 heavy (non-hydrogen) atoms. The Balaban J connectivity index is 0.000000265. The Kier molecular flexibility index (Phi) is 11.1. The molecule has 0 aromatic rings. The van der Waals surface area contributed by atoms with E-state index in [9.17, 15) is 0 Å². The third-order valence-corrected chi connectivity index (χ3v) is 6.23. The van der Waals surface area contributed by atoms with Crippen LogP contribution in [0.15, 0.2) is 0 Å². The van der Waals surface area contributed by atoms with Crippen LogP contribution in [0.2, 0.25) is 15.9 Å². The fourth-order valence-electron chi connectivity index (χ4n) is 3.19. The number of hydrogen-bond acceptors (Lipinski definition) is 7. The lowest BCUT2D eigenvalue weighted by Crippen LogP contribution is -2.45. The lowest BCUT2D eigenvalue weighted by molar-refractivity contribution is -0.118. The lowest BCUT2D eigenvalue weighted by Gasteiger charge is -2.37. The lowest BCUT2D eigenvalue weighted by atomic mass is 9.60. The first-order valence-electron chi connectivity index (χ1n) is 12.9. The van der Waals surface area contributed by atoms with E-state index in [0.717, 1.165) is 13.2 Å². The summed E-state index contributed by atoms with van der Waals surface area (Å²) in [6, 6.07) is 0. The van der Waals surface area contributed by atoms with Gasteiger partial charge in [0.05, 0.1) is 11.2 Å². The standard InChI is InChI=1S/C10H21BO2.C9H19BO2.C6H13BO3/c1-8(2,3)11-12-9(4,5)10(6,7)13-11;1-8(2,3)10-11-6-9(4,5)7-12-10;1-6(2,3)7-9-4-8-5-10-7/h1-7H3;6-7H2,1-5H3;4-5H2,1-3H3. The number of hydrogen-bond donors (Lipinski definition) is 0. The van der Waals surface area contributed by atoms with E-state index in [1.54, 1.807) is 0 Å². The summed E-state index contributed by atoms with van der Waals surface area (Å²) in [5.41, 5.74) is -0.225. The zero-order valence-corrected chi connectivity index (χ0v) is 25.4. The molecule has 0 N–H and O–H groups in total. The molecule has 0 saturated carbocycles. The van der Waals surface area contributed by atoms with E-state index in [1.165, 1.54) is 0 Å². The Morgan fingerprint density at radius 3 is 1.06 bits per heavy atom. The molecule has 3 aliphatic heterocycles. The molecule has 0 atom stereocenters. The van der Waals surface area contributed by atoms with Crippen LogP contribution in [0.25, 0.3) is 0 Å². The summed E-state index contributed by atoms with van der Waals surface area (Å²) in [6.07, 6.45) is 0. The van der Waals surface area contributed by atoms with Crippen LogP contribution in [-0.4, -0.2) is 59.4 Å². The Morgan fingerprint density at radius 2 is 0.800 bits per heavy atom. The molecule has 7 nitrogen and oxygen atoms in total. The van der Waals surface area contributed by atoms with Gasteiger partial charge >= 0.3 is 21.4 Å². The van der Waals surface area contributed by atoms with E-state index >= 15 is 0 Å². The summed E-state index contributed by atoms with van der Waals surface area (Å²) in [4.78, 5) is 0. The molecule has 0 aliphatic carbocycles. The second kappa shape index (κ2) is 11.8. The third kappa shape index (κ3) is 10.7. The van der Waals surface area contributed by atoms with Crippen LogP contribution >= 0.6 is 0 Å². The van der Waals surface area contributed by atoms with Crippen molar-refractivity contribution in [3.63, 3.8) is 0 Å². The summed E-state index contributed by atoms with van der Waals surface area (Å²) in [6.45, 7) is 34.0. The summed E-state index contributed by atoms with van der Waals surface area (Å²) < 4.78 is 38.3. The number of rotatable bonds is 0. The van der Waals surface area contributed by atoms with Crippen LogP contribution in [0, 0.1) is 5.41 Å². The predicted octanol–water partition coefficient (Wildman–Crippen LogP) is 6.48. The molecule has 3 aliphatic rings. The van der Waals surface area contributed by atoms with Crippen molar-refractivity contribution in [2.75, 3.05) is 26.8 Å². The van der Waals surface area contributed by atoms with Gasteiger partial charge in [0, 0.05) is 18.6 Å². The molecule has 3 heterocycles.